The van der Waals surface area contributed by atoms with E-state index in [2.05, 4.69) is 5.32 Å². The molecule has 0 saturated carbocycles. The maximum atomic E-state index is 12.2. The number of carbonyl (C=O) groups excluding carboxylic acids is 1. The number of sulfonamides is 1. The highest BCUT2D eigenvalue weighted by Gasteiger charge is 2.19. The summed E-state index contributed by atoms with van der Waals surface area (Å²) in [5.41, 5.74) is 3.69. The van der Waals surface area contributed by atoms with Crippen molar-refractivity contribution in [1.82, 2.24) is 5.32 Å². The first-order valence-corrected chi connectivity index (χ1v) is 12.0. The number of anilines is 1. The second-order valence-corrected chi connectivity index (χ2v) is 9.66. The van der Waals surface area contributed by atoms with Gasteiger partial charge in [0.15, 0.2) is 0 Å². The number of amides is 1. The number of hydrogen-bond donors (Lipinski definition) is 1. The molecule has 0 spiro atoms. The van der Waals surface area contributed by atoms with Crippen LogP contribution in [0.1, 0.15) is 29.5 Å². The van der Waals surface area contributed by atoms with E-state index in [9.17, 15) is 13.2 Å². The molecule has 1 amide bonds. The summed E-state index contributed by atoms with van der Waals surface area (Å²) in [6, 6.07) is 11.0. The van der Waals surface area contributed by atoms with Gasteiger partial charge < -0.3 is 10.1 Å². The zero-order valence-corrected chi connectivity index (χ0v) is 19.4. The molecule has 164 valence electrons. The van der Waals surface area contributed by atoms with Crippen molar-refractivity contribution in [2.75, 3.05) is 30.3 Å². The molecule has 2 aromatic rings. The minimum atomic E-state index is -3.49. The molecule has 0 aromatic heterocycles. The van der Waals surface area contributed by atoms with Gasteiger partial charge in [-0.25, -0.2) is 8.42 Å². The summed E-state index contributed by atoms with van der Waals surface area (Å²) in [4.78, 5) is 12.1. The van der Waals surface area contributed by atoms with Crippen LogP contribution in [0.3, 0.4) is 0 Å². The van der Waals surface area contributed by atoms with Gasteiger partial charge in [-0.1, -0.05) is 23.7 Å². The molecule has 6 nitrogen and oxygen atoms in total. The van der Waals surface area contributed by atoms with E-state index in [-0.39, 0.29) is 18.9 Å². The normalized spacial score (nSPS) is 11.2. The first kappa shape index (κ1) is 24.0. The lowest BCUT2D eigenvalue weighted by atomic mass is 10.1. The maximum absolute atomic E-state index is 12.2. The molecule has 30 heavy (non-hydrogen) atoms. The Morgan fingerprint density at radius 1 is 1.07 bits per heavy atom. The highest BCUT2D eigenvalue weighted by atomic mass is 35.5. The quantitative estimate of drug-likeness (QED) is 0.552. The first-order valence-electron chi connectivity index (χ1n) is 9.78. The Hall–Kier alpha value is -2.25. The molecule has 0 saturated heterocycles. The number of carbonyl (C=O) groups is 1. The summed E-state index contributed by atoms with van der Waals surface area (Å²) in [5.74, 6) is 0.628. The Kier molecular flexibility index (Phi) is 8.55. The molecule has 0 unspecified atom stereocenters. The van der Waals surface area contributed by atoms with Crippen molar-refractivity contribution in [3.05, 3.63) is 58.1 Å². The van der Waals surface area contributed by atoms with Crippen LogP contribution in [0.2, 0.25) is 5.02 Å². The van der Waals surface area contributed by atoms with Gasteiger partial charge >= 0.3 is 0 Å². The number of rotatable bonds is 10. The summed E-state index contributed by atoms with van der Waals surface area (Å²) in [7, 11) is -3.49. The standard InChI is InChI=1S/C22H29ClN2O4S/c1-16-8-10-20(14-18(16)3)29-13-11-24-22(26)6-5-12-25(30(4,27)28)21-15-19(23)9-7-17(21)2/h7-10,14-15H,5-6,11-13H2,1-4H3,(H,24,26). The second-order valence-electron chi connectivity index (χ2n) is 7.31. The van der Waals surface area contributed by atoms with E-state index in [1.54, 1.807) is 18.2 Å². The molecule has 0 heterocycles. The van der Waals surface area contributed by atoms with Gasteiger partial charge in [0, 0.05) is 18.0 Å². The van der Waals surface area contributed by atoms with E-state index in [4.69, 9.17) is 16.3 Å². The number of halogens is 1. The van der Waals surface area contributed by atoms with Crippen LogP contribution in [0, 0.1) is 20.8 Å². The van der Waals surface area contributed by atoms with E-state index >= 15 is 0 Å². The van der Waals surface area contributed by atoms with E-state index in [1.807, 2.05) is 39.0 Å². The van der Waals surface area contributed by atoms with Crippen LogP contribution in [0.4, 0.5) is 5.69 Å². The van der Waals surface area contributed by atoms with Crippen LogP contribution >= 0.6 is 11.6 Å². The molecule has 0 aliphatic carbocycles. The van der Waals surface area contributed by atoms with Crippen molar-refractivity contribution < 1.29 is 17.9 Å². The van der Waals surface area contributed by atoms with Crippen LogP contribution in [0.5, 0.6) is 5.75 Å². The van der Waals surface area contributed by atoms with Crippen LogP contribution in [-0.4, -0.2) is 40.3 Å². The van der Waals surface area contributed by atoms with Crippen LogP contribution < -0.4 is 14.4 Å². The highest BCUT2D eigenvalue weighted by Crippen LogP contribution is 2.26. The van der Waals surface area contributed by atoms with Gasteiger partial charge in [0.25, 0.3) is 0 Å². The van der Waals surface area contributed by atoms with Crippen LogP contribution in [0.15, 0.2) is 36.4 Å². The summed E-state index contributed by atoms with van der Waals surface area (Å²) in [6.45, 7) is 6.84. The minimum Gasteiger partial charge on any atom is -0.492 e. The number of ether oxygens (including phenoxy) is 1. The molecular formula is C22H29ClN2O4S. The smallest absolute Gasteiger partial charge is 0.232 e. The predicted molar refractivity (Wildman–Crippen MR) is 122 cm³/mol. The highest BCUT2D eigenvalue weighted by molar-refractivity contribution is 7.92. The van der Waals surface area contributed by atoms with Gasteiger partial charge in [-0.3, -0.25) is 9.10 Å². The molecule has 0 fully saturated rings. The number of nitrogens with zero attached hydrogens (tertiary/aromatic N) is 1. The molecule has 8 heteroatoms. The Labute approximate surface area is 184 Å². The number of benzene rings is 2. The van der Waals surface area contributed by atoms with Crippen molar-refractivity contribution >= 4 is 33.2 Å². The first-order chi connectivity index (χ1) is 14.1. The molecule has 2 aromatic carbocycles. The van der Waals surface area contributed by atoms with E-state index in [1.165, 1.54) is 9.87 Å². The maximum Gasteiger partial charge on any atom is 0.232 e. The fraction of sp³-hybridized carbons (Fsp3) is 0.409. The number of aryl methyl sites for hydroxylation is 3. The molecule has 0 atom stereocenters. The lowest BCUT2D eigenvalue weighted by molar-refractivity contribution is -0.121. The zero-order chi connectivity index (χ0) is 22.3. The van der Waals surface area contributed by atoms with E-state index in [0.29, 0.717) is 30.3 Å². The van der Waals surface area contributed by atoms with E-state index < -0.39 is 10.0 Å². The fourth-order valence-electron chi connectivity index (χ4n) is 2.95. The van der Waals surface area contributed by atoms with Gasteiger partial charge in [-0.15, -0.1) is 0 Å². The van der Waals surface area contributed by atoms with Crippen molar-refractivity contribution in [2.45, 2.75) is 33.6 Å². The predicted octanol–water partition coefficient (Wildman–Crippen LogP) is 4.01. The van der Waals surface area contributed by atoms with Crippen molar-refractivity contribution in [3.8, 4) is 5.75 Å². The topological polar surface area (TPSA) is 75.7 Å². The molecule has 0 radical (unpaired) electrons. The summed E-state index contributed by atoms with van der Waals surface area (Å²) < 4.78 is 31.4. The third kappa shape index (κ3) is 7.22. The molecule has 0 bridgehead atoms. The van der Waals surface area contributed by atoms with Crippen molar-refractivity contribution in [1.29, 1.82) is 0 Å². The van der Waals surface area contributed by atoms with Crippen molar-refractivity contribution in [3.63, 3.8) is 0 Å². The molecule has 2 rings (SSSR count). The fourth-order valence-corrected chi connectivity index (χ4v) is 4.13. The molecule has 0 aliphatic rings. The lowest BCUT2D eigenvalue weighted by Crippen LogP contribution is -2.33. The Balaban J connectivity index is 1.80. The minimum absolute atomic E-state index is 0.144. The molecular weight excluding hydrogens is 424 g/mol. The van der Waals surface area contributed by atoms with Crippen LogP contribution in [0.25, 0.3) is 0 Å². The van der Waals surface area contributed by atoms with E-state index in [0.717, 1.165) is 23.1 Å². The van der Waals surface area contributed by atoms with Crippen molar-refractivity contribution in [2.24, 2.45) is 0 Å². The molecule has 1 N–H and O–H groups in total. The summed E-state index contributed by atoms with van der Waals surface area (Å²) in [6.07, 6.45) is 1.76. The average molecular weight is 453 g/mol. The Bertz CT molecular complexity index is 993. The van der Waals surface area contributed by atoms with Gasteiger partial charge in [0.1, 0.15) is 12.4 Å². The van der Waals surface area contributed by atoms with Gasteiger partial charge in [0.2, 0.25) is 15.9 Å². The monoisotopic (exact) mass is 452 g/mol. The van der Waals surface area contributed by atoms with Gasteiger partial charge in [-0.05, 0) is 68.1 Å². The Morgan fingerprint density at radius 3 is 2.43 bits per heavy atom. The summed E-state index contributed by atoms with van der Waals surface area (Å²) in [5, 5.41) is 3.26. The van der Waals surface area contributed by atoms with Gasteiger partial charge in [-0.2, -0.15) is 0 Å². The Morgan fingerprint density at radius 2 is 1.77 bits per heavy atom. The third-order valence-electron chi connectivity index (χ3n) is 4.78. The zero-order valence-electron chi connectivity index (χ0n) is 17.9. The second kappa shape index (κ2) is 10.7. The van der Waals surface area contributed by atoms with Gasteiger partial charge in [0.05, 0.1) is 18.5 Å². The molecule has 0 aliphatic heterocycles. The number of nitrogens with one attached hydrogen (secondary N) is 1. The third-order valence-corrected chi connectivity index (χ3v) is 6.19. The lowest BCUT2D eigenvalue weighted by Gasteiger charge is -2.24. The largest absolute Gasteiger partial charge is 0.492 e. The summed E-state index contributed by atoms with van der Waals surface area (Å²) >= 11 is 6.03. The average Bonchev–Trinajstić information content (AvgIpc) is 2.66. The number of hydrogen-bond acceptors (Lipinski definition) is 4. The SMILES string of the molecule is Cc1ccc(OCCNC(=O)CCCN(c2cc(Cl)ccc2C)S(C)(=O)=O)cc1C. The van der Waals surface area contributed by atoms with Crippen LogP contribution in [-0.2, 0) is 14.8 Å².